The zero-order chi connectivity index (χ0) is 18.0. The first kappa shape index (κ1) is 18.2. The molecule has 0 saturated carbocycles. The van der Waals surface area contributed by atoms with Crippen molar-refractivity contribution in [3.05, 3.63) is 34.9 Å². The fraction of sp³-hybridized carbons (Fsp3) is 0.632. The minimum absolute atomic E-state index is 0.112. The average molecular weight is 354 g/mol. The van der Waals surface area contributed by atoms with E-state index >= 15 is 0 Å². The molecule has 1 atom stereocenters. The van der Waals surface area contributed by atoms with Gasteiger partial charge in [-0.25, -0.2) is 0 Å². The lowest BCUT2D eigenvalue weighted by Crippen LogP contribution is -2.44. The van der Waals surface area contributed by atoms with Crippen molar-refractivity contribution in [1.29, 1.82) is 0 Å². The Balaban J connectivity index is 1.73. The Bertz CT molecular complexity index is 624. The van der Waals surface area contributed by atoms with Gasteiger partial charge in [0.15, 0.2) is 0 Å². The summed E-state index contributed by atoms with van der Waals surface area (Å²) in [5.41, 5.74) is 2.61. The Labute approximate surface area is 146 Å². The van der Waals surface area contributed by atoms with E-state index in [1.54, 1.807) is 6.07 Å². The zero-order valence-corrected chi connectivity index (χ0v) is 14.5. The molecule has 2 fully saturated rings. The van der Waals surface area contributed by atoms with E-state index in [0.717, 1.165) is 31.5 Å². The van der Waals surface area contributed by atoms with Gasteiger partial charge in [0, 0.05) is 18.7 Å². The number of nitrogens with one attached hydrogen (secondary N) is 1. The molecule has 1 N–H and O–H groups in total. The van der Waals surface area contributed by atoms with Crippen LogP contribution in [-0.2, 0) is 0 Å². The number of halogens is 3. The van der Waals surface area contributed by atoms with Crippen molar-refractivity contribution in [1.82, 2.24) is 10.2 Å². The monoisotopic (exact) mass is 354 g/mol. The molecule has 0 bridgehead atoms. The van der Waals surface area contributed by atoms with Crippen LogP contribution in [0, 0.1) is 12.8 Å². The summed E-state index contributed by atoms with van der Waals surface area (Å²) in [6, 6.07) is 5.81. The molecule has 0 aromatic heterocycles. The second-order valence-corrected chi connectivity index (χ2v) is 7.23. The van der Waals surface area contributed by atoms with Gasteiger partial charge in [0.05, 0.1) is 5.92 Å². The predicted molar refractivity (Wildman–Crippen MR) is 90.7 cm³/mol. The predicted octanol–water partition coefficient (Wildman–Crippen LogP) is 3.88. The van der Waals surface area contributed by atoms with Crippen LogP contribution >= 0.6 is 0 Å². The van der Waals surface area contributed by atoms with E-state index in [1.165, 1.54) is 10.5 Å². The molecule has 0 aliphatic carbocycles. The van der Waals surface area contributed by atoms with Crippen LogP contribution in [-0.4, -0.2) is 43.2 Å². The second-order valence-electron chi connectivity index (χ2n) is 7.23. The number of amides is 1. The van der Waals surface area contributed by atoms with Crippen molar-refractivity contribution >= 4 is 5.91 Å². The van der Waals surface area contributed by atoms with E-state index in [1.807, 2.05) is 19.1 Å². The summed E-state index contributed by atoms with van der Waals surface area (Å²) in [4.78, 5) is 14.1. The number of piperidine rings is 2. The molecular weight excluding hydrogens is 329 g/mol. The Kier molecular flexibility index (Phi) is 5.37. The summed E-state index contributed by atoms with van der Waals surface area (Å²) in [7, 11) is 0. The number of aryl methyl sites for hydroxylation is 1. The first-order valence-corrected chi connectivity index (χ1v) is 9.03. The van der Waals surface area contributed by atoms with Crippen LogP contribution in [0.3, 0.4) is 0 Å². The standard InChI is InChI=1S/C19H25F3N2O/c1-13-11-15(14-6-8-23-9-7-14)4-5-17(13)18(25)24-10-2-3-16(12-24)19(20,21)22/h4-5,11,14,16,23H,2-3,6-10,12H2,1H3. The summed E-state index contributed by atoms with van der Waals surface area (Å²) < 4.78 is 38.9. The summed E-state index contributed by atoms with van der Waals surface area (Å²) >= 11 is 0. The van der Waals surface area contributed by atoms with Gasteiger partial charge in [-0.15, -0.1) is 0 Å². The van der Waals surface area contributed by atoms with Gasteiger partial charge >= 0.3 is 6.18 Å². The second kappa shape index (κ2) is 7.36. The maximum atomic E-state index is 13.0. The lowest BCUT2D eigenvalue weighted by Gasteiger charge is -2.34. The van der Waals surface area contributed by atoms with Gasteiger partial charge in [0.1, 0.15) is 0 Å². The van der Waals surface area contributed by atoms with E-state index in [9.17, 15) is 18.0 Å². The van der Waals surface area contributed by atoms with Crippen molar-refractivity contribution in [3.63, 3.8) is 0 Å². The van der Waals surface area contributed by atoms with Crippen LogP contribution in [0.5, 0.6) is 0 Å². The van der Waals surface area contributed by atoms with Gasteiger partial charge in [0.2, 0.25) is 0 Å². The van der Waals surface area contributed by atoms with E-state index in [-0.39, 0.29) is 18.9 Å². The van der Waals surface area contributed by atoms with Gasteiger partial charge in [-0.3, -0.25) is 4.79 Å². The fourth-order valence-corrected chi connectivity index (χ4v) is 3.94. The molecule has 2 aliphatic rings. The molecule has 3 rings (SSSR count). The SMILES string of the molecule is Cc1cc(C2CCNCC2)ccc1C(=O)N1CCCC(C(F)(F)F)C1. The highest BCUT2D eigenvalue weighted by molar-refractivity contribution is 5.95. The number of carbonyl (C=O) groups is 1. The van der Waals surface area contributed by atoms with E-state index in [0.29, 0.717) is 24.4 Å². The van der Waals surface area contributed by atoms with Crippen LogP contribution in [0.25, 0.3) is 0 Å². The van der Waals surface area contributed by atoms with Crippen molar-refractivity contribution < 1.29 is 18.0 Å². The maximum absolute atomic E-state index is 13.0. The van der Waals surface area contributed by atoms with Gasteiger partial charge in [-0.1, -0.05) is 12.1 Å². The third-order valence-corrected chi connectivity index (χ3v) is 5.46. The number of benzene rings is 1. The van der Waals surface area contributed by atoms with Crippen LogP contribution in [0.15, 0.2) is 18.2 Å². The Morgan fingerprint density at radius 1 is 1.20 bits per heavy atom. The third-order valence-electron chi connectivity index (χ3n) is 5.46. The summed E-state index contributed by atoms with van der Waals surface area (Å²) in [5, 5.41) is 3.34. The van der Waals surface area contributed by atoms with Crippen molar-refractivity contribution in [3.8, 4) is 0 Å². The third kappa shape index (κ3) is 4.17. The average Bonchev–Trinajstić information content (AvgIpc) is 2.61. The molecule has 3 nitrogen and oxygen atoms in total. The normalized spacial score (nSPS) is 22.9. The number of rotatable bonds is 2. The molecule has 0 radical (unpaired) electrons. The molecule has 138 valence electrons. The topological polar surface area (TPSA) is 32.3 Å². The number of hydrogen-bond acceptors (Lipinski definition) is 2. The van der Waals surface area contributed by atoms with Gasteiger partial charge < -0.3 is 10.2 Å². The minimum atomic E-state index is -4.23. The minimum Gasteiger partial charge on any atom is -0.338 e. The summed E-state index contributed by atoms with van der Waals surface area (Å²) in [6.07, 6.45) is -1.56. The lowest BCUT2D eigenvalue weighted by molar-refractivity contribution is -0.184. The van der Waals surface area contributed by atoms with Gasteiger partial charge in [0.25, 0.3) is 5.91 Å². The van der Waals surface area contributed by atoms with E-state index in [2.05, 4.69) is 5.32 Å². The molecule has 1 amide bonds. The number of likely N-dealkylation sites (tertiary alicyclic amines) is 1. The molecule has 2 saturated heterocycles. The molecular formula is C19H25F3N2O. The number of alkyl halides is 3. The van der Waals surface area contributed by atoms with Gasteiger partial charge in [-0.2, -0.15) is 13.2 Å². The van der Waals surface area contributed by atoms with E-state index < -0.39 is 12.1 Å². The van der Waals surface area contributed by atoms with Crippen molar-refractivity contribution in [2.24, 2.45) is 5.92 Å². The molecule has 6 heteroatoms. The molecule has 1 aromatic carbocycles. The largest absolute Gasteiger partial charge is 0.393 e. The lowest BCUT2D eigenvalue weighted by atomic mass is 9.88. The maximum Gasteiger partial charge on any atom is 0.393 e. The molecule has 2 aliphatic heterocycles. The first-order chi connectivity index (χ1) is 11.9. The quantitative estimate of drug-likeness (QED) is 0.874. The summed E-state index contributed by atoms with van der Waals surface area (Å²) in [6.45, 7) is 4.05. The highest BCUT2D eigenvalue weighted by Gasteiger charge is 2.42. The van der Waals surface area contributed by atoms with Gasteiger partial charge in [-0.05, 0) is 68.8 Å². The first-order valence-electron chi connectivity index (χ1n) is 9.03. The molecule has 1 unspecified atom stereocenters. The van der Waals surface area contributed by atoms with Crippen LogP contribution in [0.1, 0.15) is 53.1 Å². The molecule has 25 heavy (non-hydrogen) atoms. The zero-order valence-electron chi connectivity index (χ0n) is 14.5. The van der Waals surface area contributed by atoms with Crippen LogP contribution < -0.4 is 5.32 Å². The highest BCUT2D eigenvalue weighted by atomic mass is 19.4. The smallest absolute Gasteiger partial charge is 0.338 e. The number of carbonyl (C=O) groups excluding carboxylic acids is 1. The fourth-order valence-electron chi connectivity index (χ4n) is 3.94. The Morgan fingerprint density at radius 3 is 2.56 bits per heavy atom. The van der Waals surface area contributed by atoms with Crippen LogP contribution in [0.4, 0.5) is 13.2 Å². The van der Waals surface area contributed by atoms with Crippen molar-refractivity contribution in [2.45, 2.75) is 44.7 Å². The Hall–Kier alpha value is -1.56. The number of hydrogen-bond donors (Lipinski definition) is 1. The van der Waals surface area contributed by atoms with Crippen molar-refractivity contribution in [2.75, 3.05) is 26.2 Å². The highest BCUT2D eigenvalue weighted by Crippen LogP contribution is 2.34. The Morgan fingerprint density at radius 2 is 1.92 bits per heavy atom. The van der Waals surface area contributed by atoms with Crippen LogP contribution in [0.2, 0.25) is 0 Å². The molecule has 0 spiro atoms. The summed E-state index contributed by atoms with van der Waals surface area (Å²) in [5.74, 6) is -1.18. The van der Waals surface area contributed by atoms with E-state index in [4.69, 9.17) is 0 Å². The number of nitrogens with zero attached hydrogens (tertiary/aromatic N) is 1. The molecule has 1 aromatic rings. The molecule has 2 heterocycles.